The zero-order valence-electron chi connectivity index (χ0n) is 11.7. The van der Waals surface area contributed by atoms with E-state index in [-0.39, 0.29) is 11.6 Å². The topological polar surface area (TPSA) is 71.8 Å². The quantitative estimate of drug-likeness (QED) is 0.826. The van der Waals surface area contributed by atoms with Crippen molar-refractivity contribution < 1.29 is 0 Å². The van der Waals surface area contributed by atoms with Gasteiger partial charge in [-0.15, -0.1) is 0 Å². The summed E-state index contributed by atoms with van der Waals surface area (Å²) < 4.78 is 1.47. The molecule has 0 saturated heterocycles. The van der Waals surface area contributed by atoms with Crippen LogP contribution in [0.25, 0.3) is 11.4 Å². The van der Waals surface area contributed by atoms with Crippen LogP contribution in [-0.4, -0.2) is 21.1 Å². The first-order valence-corrected chi connectivity index (χ1v) is 7.25. The second-order valence-electron chi connectivity index (χ2n) is 4.18. The molecule has 0 fully saturated rings. The average molecular weight is 328 g/mol. The second kappa shape index (κ2) is 6.89. The number of benzene rings is 1. The molecule has 1 aromatic carbocycles. The van der Waals surface area contributed by atoms with Crippen LogP contribution in [0, 0.1) is 0 Å². The Morgan fingerprint density at radius 1 is 1.19 bits per heavy atom. The van der Waals surface area contributed by atoms with Crippen molar-refractivity contribution in [2.24, 2.45) is 0 Å². The van der Waals surface area contributed by atoms with Crippen LogP contribution < -0.4 is 16.5 Å². The summed E-state index contributed by atoms with van der Waals surface area (Å²) >= 11 is 11.9. The molecule has 21 heavy (non-hydrogen) atoms. The Hall–Kier alpha value is -1.63. The fourth-order valence-electron chi connectivity index (χ4n) is 1.79. The molecule has 0 amide bonds. The smallest absolute Gasteiger partial charge is 0.289 e. The maximum atomic E-state index is 12.1. The molecule has 0 spiro atoms. The van der Waals surface area contributed by atoms with Gasteiger partial charge in [0.05, 0.1) is 10.0 Å². The van der Waals surface area contributed by atoms with Crippen LogP contribution in [0.2, 0.25) is 10.0 Å². The number of hydrogen-bond acceptors (Lipinski definition) is 5. The van der Waals surface area contributed by atoms with Gasteiger partial charge in [-0.25, -0.2) is 10.2 Å². The molecule has 2 N–H and O–H groups in total. The van der Waals surface area contributed by atoms with E-state index < -0.39 is 0 Å². The molecular weight excluding hydrogens is 313 g/mol. The van der Waals surface area contributed by atoms with Gasteiger partial charge in [0.25, 0.3) is 0 Å². The summed E-state index contributed by atoms with van der Waals surface area (Å²) in [6, 6.07) is 5.11. The number of rotatable bonds is 5. The molecule has 112 valence electrons. The minimum Gasteiger partial charge on any atom is -0.289 e. The summed E-state index contributed by atoms with van der Waals surface area (Å²) in [6.07, 6.45) is 0. The van der Waals surface area contributed by atoms with Crippen LogP contribution in [0.1, 0.15) is 13.8 Å². The van der Waals surface area contributed by atoms with E-state index in [9.17, 15) is 4.79 Å². The zero-order chi connectivity index (χ0) is 15.4. The summed E-state index contributed by atoms with van der Waals surface area (Å²) in [7, 11) is 0. The Morgan fingerprint density at radius 2 is 1.95 bits per heavy atom. The van der Waals surface area contributed by atoms with Crippen LogP contribution in [0.4, 0.5) is 5.95 Å². The predicted octanol–water partition coefficient (Wildman–Crippen LogP) is 2.57. The van der Waals surface area contributed by atoms with Gasteiger partial charge in [-0.05, 0) is 25.1 Å². The van der Waals surface area contributed by atoms with Gasteiger partial charge in [-0.1, -0.05) is 30.1 Å². The van der Waals surface area contributed by atoms with E-state index >= 15 is 0 Å². The Balaban J connectivity index is 2.56. The van der Waals surface area contributed by atoms with Gasteiger partial charge >= 0.3 is 5.69 Å². The highest BCUT2D eigenvalue weighted by Gasteiger charge is 2.12. The second-order valence-corrected chi connectivity index (χ2v) is 5.00. The standard InChI is InChI=1S/C13H15Cl2N5O/c1-3-16-19-12-17-11(20(4-2)13(21)18-12)8-5-6-9(14)10(15)7-8/h5-7,16H,3-4H2,1-2H3,(H,18,19,21). The molecule has 1 heterocycles. The van der Waals surface area contributed by atoms with E-state index in [1.807, 2.05) is 13.8 Å². The van der Waals surface area contributed by atoms with E-state index in [1.54, 1.807) is 18.2 Å². The van der Waals surface area contributed by atoms with Crippen molar-refractivity contribution in [3.8, 4) is 11.4 Å². The van der Waals surface area contributed by atoms with Crippen molar-refractivity contribution in [3.05, 3.63) is 38.7 Å². The average Bonchev–Trinajstić information content (AvgIpc) is 2.47. The number of hydrogen-bond donors (Lipinski definition) is 2. The third-order valence-corrected chi connectivity index (χ3v) is 3.51. The maximum absolute atomic E-state index is 12.1. The van der Waals surface area contributed by atoms with Crippen LogP contribution in [0.3, 0.4) is 0 Å². The largest absolute Gasteiger partial charge is 0.352 e. The van der Waals surface area contributed by atoms with Crippen LogP contribution in [0.15, 0.2) is 23.0 Å². The van der Waals surface area contributed by atoms with Gasteiger partial charge in [0, 0.05) is 18.7 Å². The Kier molecular flexibility index (Phi) is 5.17. The fraction of sp³-hybridized carbons (Fsp3) is 0.308. The van der Waals surface area contributed by atoms with Gasteiger partial charge in [0.15, 0.2) is 0 Å². The highest BCUT2D eigenvalue weighted by Crippen LogP contribution is 2.27. The summed E-state index contributed by atoms with van der Waals surface area (Å²) in [6.45, 7) is 4.89. The number of aromatic nitrogens is 3. The molecule has 0 aliphatic rings. The highest BCUT2D eigenvalue weighted by molar-refractivity contribution is 6.42. The Bertz CT molecular complexity index is 701. The first-order chi connectivity index (χ1) is 10.1. The number of halogens is 2. The zero-order valence-corrected chi connectivity index (χ0v) is 13.2. The third-order valence-electron chi connectivity index (χ3n) is 2.77. The highest BCUT2D eigenvalue weighted by atomic mass is 35.5. The van der Waals surface area contributed by atoms with E-state index in [1.165, 1.54) is 4.57 Å². The van der Waals surface area contributed by atoms with Crippen molar-refractivity contribution in [3.63, 3.8) is 0 Å². The lowest BCUT2D eigenvalue weighted by atomic mass is 10.2. The number of anilines is 1. The van der Waals surface area contributed by atoms with Crippen molar-refractivity contribution >= 4 is 29.2 Å². The number of nitrogens with one attached hydrogen (secondary N) is 2. The lowest BCUT2D eigenvalue weighted by Gasteiger charge is -2.12. The van der Waals surface area contributed by atoms with Gasteiger partial charge in [0.2, 0.25) is 5.95 Å². The summed E-state index contributed by atoms with van der Waals surface area (Å²) in [5, 5.41) is 0.856. The minimum atomic E-state index is -0.381. The van der Waals surface area contributed by atoms with E-state index in [4.69, 9.17) is 23.2 Å². The Labute approximate surface area is 132 Å². The van der Waals surface area contributed by atoms with E-state index in [0.29, 0.717) is 34.5 Å². The van der Waals surface area contributed by atoms with Crippen molar-refractivity contribution in [1.82, 2.24) is 20.0 Å². The summed E-state index contributed by atoms with van der Waals surface area (Å²) in [4.78, 5) is 20.3. The molecule has 6 nitrogen and oxygen atoms in total. The molecule has 2 rings (SSSR count). The number of nitrogens with zero attached hydrogens (tertiary/aromatic N) is 3. The van der Waals surface area contributed by atoms with Gasteiger partial charge in [0.1, 0.15) is 5.82 Å². The minimum absolute atomic E-state index is 0.215. The van der Waals surface area contributed by atoms with E-state index in [2.05, 4.69) is 20.8 Å². The normalized spacial score (nSPS) is 10.7. The van der Waals surface area contributed by atoms with Crippen molar-refractivity contribution in [1.29, 1.82) is 0 Å². The summed E-state index contributed by atoms with van der Waals surface area (Å²) in [5.41, 5.74) is 5.95. The molecule has 0 bridgehead atoms. The maximum Gasteiger partial charge on any atom is 0.352 e. The first kappa shape index (κ1) is 15.8. The van der Waals surface area contributed by atoms with E-state index in [0.717, 1.165) is 0 Å². The molecule has 0 aliphatic carbocycles. The molecule has 1 aromatic heterocycles. The van der Waals surface area contributed by atoms with Gasteiger partial charge in [-0.3, -0.25) is 9.99 Å². The molecule has 0 saturated carbocycles. The van der Waals surface area contributed by atoms with Crippen LogP contribution in [0.5, 0.6) is 0 Å². The van der Waals surface area contributed by atoms with Crippen LogP contribution in [-0.2, 0) is 6.54 Å². The van der Waals surface area contributed by atoms with Crippen molar-refractivity contribution in [2.75, 3.05) is 12.0 Å². The fourth-order valence-corrected chi connectivity index (χ4v) is 2.09. The third kappa shape index (κ3) is 3.53. The van der Waals surface area contributed by atoms with Crippen LogP contribution >= 0.6 is 23.2 Å². The predicted molar refractivity (Wildman–Crippen MR) is 84.7 cm³/mol. The lowest BCUT2D eigenvalue weighted by molar-refractivity contribution is 0.681. The van der Waals surface area contributed by atoms with Gasteiger partial charge < -0.3 is 0 Å². The molecule has 0 aliphatic heterocycles. The molecule has 0 atom stereocenters. The first-order valence-electron chi connectivity index (χ1n) is 6.50. The summed E-state index contributed by atoms with van der Waals surface area (Å²) in [5.74, 6) is 0.698. The molecule has 2 aromatic rings. The van der Waals surface area contributed by atoms with Crippen molar-refractivity contribution in [2.45, 2.75) is 20.4 Å². The SMILES string of the molecule is CCNNc1nc(-c2ccc(Cl)c(Cl)c2)n(CC)c(=O)n1. The molecule has 8 heteroatoms. The Morgan fingerprint density at radius 3 is 2.57 bits per heavy atom. The molecule has 0 unspecified atom stereocenters. The lowest BCUT2D eigenvalue weighted by Crippen LogP contribution is -2.30. The molecule has 0 radical (unpaired) electrons. The monoisotopic (exact) mass is 327 g/mol. The molecular formula is C13H15Cl2N5O. The number of hydrazine groups is 1. The van der Waals surface area contributed by atoms with Gasteiger partial charge in [-0.2, -0.15) is 9.97 Å².